The van der Waals surface area contributed by atoms with Gasteiger partial charge in [0.2, 0.25) is 10.0 Å². The predicted molar refractivity (Wildman–Crippen MR) is 86.7 cm³/mol. The van der Waals surface area contributed by atoms with E-state index in [9.17, 15) is 8.42 Å². The van der Waals surface area contributed by atoms with E-state index in [1.54, 1.807) is 19.2 Å². The number of piperidine rings is 1. The maximum absolute atomic E-state index is 11.5. The Balaban J connectivity index is 1.88. The van der Waals surface area contributed by atoms with Crippen LogP contribution in [0.3, 0.4) is 0 Å². The summed E-state index contributed by atoms with van der Waals surface area (Å²) in [6, 6.07) is 9.91. The fourth-order valence-corrected chi connectivity index (χ4v) is 3.90. The third kappa shape index (κ3) is 2.95. The molecule has 0 radical (unpaired) electrons. The zero-order valence-corrected chi connectivity index (χ0v) is 13.4. The lowest BCUT2D eigenvalue weighted by atomic mass is 9.90. The second-order valence-corrected chi connectivity index (χ2v) is 7.33. The molecule has 1 aromatic heterocycles. The average Bonchev–Trinajstić information content (AvgIpc) is 2.90. The van der Waals surface area contributed by atoms with Crippen molar-refractivity contribution in [2.24, 2.45) is 5.14 Å². The summed E-state index contributed by atoms with van der Waals surface area (Å²) in [6.45, 7) is 3.90. The Hall–Kier alpha value is -1.63. The van der Waals surface area contributed by atoms with Crippen molar-refractivity contribution in [3.63, 3.8) is 0 Å². The Bertz CT molecular complexity index is 757. The van der Waals surface area contributed by atoms with Crippen LogP contribution in [0.4, 0.5) is 0 Å². The number of hydrogen-bond acceptors (Lipinski definition) is 3. The number of hydrogen-bond donors (Lipinski definition) is 2. The van der Waals surface area contributed by atoms with Gasteiger partial charge in [-0.2, -0.15) is 0 Å². The van der Waals surface area contributed by atoms with E-state index in [0.717, 1.165) is 31.6 Å². The molecule has 22 heavy (non-hydrogen) atoms. The summed E-state index contributed by atoms with van der Waals surface area (Å²) >= 11 is 0. The minimum Gasteiger partial charge on any atom is -0.320 e. The van der Waals surface area contributed by atoms with Gasteiger partial charge in [-0.05, 0) is 62.5 Å². The Morgan fingerprint density at radius 1 is 1.14 bits per heavy atom. The maximum atomic E-state index is 11.5. The highest BCUT2D eigenvalue weighted by Gasteiger charge is 2.17. The van der Waals surface area contributed by atoms with Gasteiger partial charge in [0, 0.05) is 17.6 Å². The van der Waals surface area contributed by atoms with Crippen LogP contribution in [0.1, 0.15) is 30.0 Å². The molecule has 3 N–H and O–H groups in total. The Morgan fingerprint density at radius 3 is 2.32 bits per heavy atom. The van der Waals surface area contributed by atoms with Crippen molar-refractivity contribution < 1.29 is 8.42 Å². The van der Waals surface area contributed by atoms with E-state index in [2.05, 4.69) is 17.4 Å². The molecule has 0 aliphatic carbocycles. The number of nitrogens with zero attached hydrogens (tertiary/aromatic N) is 1. The van der Waals surface area contributed by atoms with Crippen molar-refractivity contribution in [1.29, 1.82) is 0 Å². The molecule has 1 aliphatic heterocycles. The lowest BCUT2D eigenvalue weighted by Crippen LogP contribution is -2.26. The highest BCUT2D eigenvalue weighted by Crippen LogP contribution is 2.27. The Kier molecular flexibility index (Phi) is 4.08. The first-order valence-electron chi connectivity index (χ1n) is 7.48. The minimum absolute atomic E-state index is 0.176. The van der Waals surface area contributed by atoms with Crippen LogP contribution in [-0.4, -0.2) is 26.1 Å². The topological polar surface area (TPSA) is 77.1 Å². The van der Waals surface area contributed by atoms with Crippen molar-refractivity contribution in [3.05, 3.63) is 47.8 Å². The molecular weight excluding hydrogens is 298 g/mol. The molecule has 118 valence electrons. The molecule has 5 nitrogen and oxygen atoms in total. The standard InChI is InChI=1S/C16H21N3O2S/c1-12-16(22(17,20)21)8-11-19(12)15-4-2-13(3-5-15)14-6-9-18-10-7-14/h2-5,8,11,14,18H,6-7,9-10H2,1H3,(H2,17,20,21). The lowest BCUT2D eigenvalue weighted by molar-refractivity contribution is 0.460. The second-order valence-electron chi connectivity index (χ2n) is 5.80. The largest absolute Gasteiger partial charge is 0.320 e. The SMILES string of the molecule is Cc1c(S(N)(=O)=O)ccn1-c1ccc(C2CCNCC2)cc1. The van der Waals surface area contributed by atoms with Crippen LogP contribution in [0.25, 0.3) is 5.69 Å². The van der Waals surface area contributed by atoms with Crippen LogP contribution < -0.4 is 10.5 Å². The van der Waals surface area contributed by atoms with Gasteiger partial charge in [0.1, 0.15) is 4.90 Å². The number of rotatable bonds is 3. The Labute approximate surface area is 131 Å². The molecule has 1 fully saturated rings. The first kappa shape index (κ1) is 15.3. The molecule has 2 heterocycles. The number of nitrogens with two attached hydrogens (primary N) is 1. The molecule has 1 aliphatic rings. The molecule has 2 aromatic rings. The number of primary sulfonamides is 1. The molecule has 0 saturated carbocycles. The van der Waals surface area contributed by atoms with Crippen LogP contribution in [0.5, 0.6) is 0 Å². The monoisotopic (exact) mass is 319 g/mol. The third-order valence-corrected chi connectivity index (χ3v) is 5.43. The smallest absolute Gasteiger partial charge is 0.239 e. The van der Waals surface area contributed by atoms with Crippen molar-refractivity contribution in [3.8, 4) is 5.69 Å². The number of benzene rings is 1. The first-order chi connectivity index (χ1) is 10.5. The van der Waals surface area contributed by atoms with Crippen molar-refractivity contribution in [2.75, 3.05) is 13.1 Å². The fraction of sp³-hybridized carbons (Fsp3) is 0.375. The summed E-state index contributed by atoms with van der Waals surface area (Å²) in [5.41, 5.74) is 2.93. The maximum Gasteiger partial charge on any atom is 0.239 e. The van der Waals surface area contributed by atoms with Crippen LogP contribution in [-0.2, 0) is 10.0 Å². The van der Waals surface area contributed by atoms with Crippen LogP contribution in [0, 0.1) is 6.92 Å². The fourth-order valence-electron chi connectivity index (χ4n) is 3.14. The summed E-state index contributed by atoms with van der Waals surface area (Å²) < 4.78 is 24.9. The summed E-state index contributed by atoms with van der Waals surface area (Å²) in [5, 5.41) is 8.60. The first-order valence-corrected chi connectivity index (χ1v) is 9.03. The predicted octanol–water partition coefficient (Wildman–Crippen LogP) is 1.90. The quantitative estimate of drug-likeness (QED) is 0.907. The van der Waals surface area contributed by atoms with E-state index in [0.29, 0.717) is 11.6 Å². The van der Waals surface area contributed by atoms with Crippen LogP contribution in [0.2, 0.25) is 0 Å². The van der Waals surface area contributed by atoms with Gasteiger partial charge in [0.25, 0.3) is 0 Å². The van der Waals surface area contributed by atoms with E-state index in [1.807, 2.05) is 16.7 Å². The van der Waals surface area contributed by atoms with Crippen LogP contribution >= 0.6 is 0 Å². The van der Waals surface area contributed by atoms with Gasteiger partial charge in [-0.1, -0.05) is 12.1 Å². The van der Waals surface area contributed by atoms with Gasteiger partial charge >= 0.3 is 0 Å². The van der Waals surface area contributed by atoms with Gasteiger partial charge in [0.05, 0.1) is 0 Å². The molecule has 1 aromatic carbocycles. The van der Waals surface area contributed by atoms with Gasteiger partial charge in [-0.25, -0.2) is 13.6 Å². The summed E-state index contributed by atoms with van der Waals surface area (Å²) in [5.74, 6) is 0.612. The molecule has 0 amide bonds. The van der Waals surface area contributed by atoms with Crippen molar-refractivity contribution in [1.82, 2.24) is 9.88 Å². The minimum atomic E-state index is -3.67. The Morgan fingerprint density at radius 2 is 1.77 bits per heavy atom. The highest BCUT2D eigenvalue weighted by atomic mass is 32.2. The van der Waals surface area contributed by atoms with E-state index in [4.69, 9.17) is 5.14 Å². The summed E-state index contributed by atoms with van der Waals surface area (Å²) in [7, 11) is -3.67. The number of sulfonamides is 1. The second kappa shape index (κ2) is 5.87. The summed E-state index contributed by atoms with van der Waals surface area (Å²) in [6.07, 6.45) is 4.07. The summed E-state index contributed by atoms with van der Waals surface area (Å²) in [4.78, 5) is 0.176. The van der Waals surface area contributed by atoms with Crippen LogP contribution in [0.15, 0.2) is 41.4 Å². The van der Waals surface area contributed by atoms with E-state index < -0.39 is 10.0 Å². The number of aromatic nitrogens is 1. The normalized spacial score (nSPS) is 16.8. The molecule has 0 atom stereocenters. The van der Waals surface area contributed by atoms with Crippen molar-refractivity contribution in [2.45, 2.75) is 30.6 Å². The molecule has 1 saturated heterocycles. The molecule has 6 heteroatoms. The van der Waals surface area contributed by atoms with Gasteiger partial charge in [-0.15, -0.1) is 0 Å². The molecular formula is C16H21N3O2S. The van der Waals surface area contributed by atoms with E-state index in [1.165, 1.54) is 5.56 Å². The molecule has 0 spiro atoms. The van der Waals surface area contributed by atoms with Crippen molar-refractivity contribution >= 4 is 10.0 Å². The lowest BCUT2D eigenvalue weighted by Gasteiger charge is -2.23. The van der Waals surface area contributed by atoms with Gasteiger partial charge < -0.3 is 9.88 Å². The highest BCUT2D eigenvalue weighted by molar-refractivity contribution is 7.89. The van der Waals surface area contributed by atoms with E-state index >= 15 is 0 Å². The third-order valence-electron chi connectivity index (χ3n) is 4.38. The average molecular weight is 319 g/mol. The molecule has 3 rings (SSSR count). The molecule has 0 unspecified atom stereocenters. The van der Waals surface area contributed by atoms with Gasteiger partial charge in [-0.3, -0.25) is 0 Å². The zero-order valence-electron chi connectivity index (χ0n) is 12.6. The zero-order chi connectivity index (χ0) is 15.7. The number of nitrogens with one attached hydrogen (secondary N) is 1. The van der Waals surface area contributed by atoms with E-state index in [-0.39, 0.29) is 4.90 Å². The molecule has 0 bridgehead atoms. The van der Waals surface area contributed by atoms with Gasteiger partial charge in [0.15, 0.2) is 0 Å².